The molecule has 0 aliphatic heterocycles. The molecule has 24 heavy (non-hydrogen) atoms. The highest BCUT2D eigenvalue weighted by Crippen LogP contribution is 2.28. The van der Waals surface area contributed by atoms with Crippen LogP contribution in [0.2, 0.25) is 0 Å². The van der Waals surface area contributed by atoms with Gasteiger partial charge < -0.3 is 9.30 Å². The van der Waals surface area contributed by atoms with E-state index in [0.29, 0.717) is 0 Å². The van der Waals surface area contributed by atoms with Crippen LogP contribution in [0.15, 0.2) is 65.0 Å². The van der Waals surface area contributed by atoms with E-state index in [1.54, 1.807) is 18.4 Å². The maximum Gasteiger partial charge on any atom is 0.190 e. The number of hydrogen-bond acceptors (Lipinski definition) is 3. The van der Waals surface area contributed by atoms with Gasteiger partial charge >= 0.3 is 0 Å². The summed E-state index contributed by atoms with van der Waals surface area (Å²) < 4.78 is 7.56. The van der Waals surface area contributed by atoms with Crippen LogP contribution in [0.4, 0.5) is 5.69 Å². The first kappa shape index (κ1) is 16.5. The van der Waals surface area contributed by atoms with Gasteiger partial charge in [0.2, 0.25) is 0 Å². The fraction of sp³-hybridized carbons (Fsp3) is 0.250. The lowest BCUT2D eigenvalue weighted by Gasteiger charge is -2.24. The molecule has 2 aromatic carbocycles. The Morgan fingerprint density at radius 3 is 2.21 bits per heavy atom. The summed E-state index contributed by atoms with van der Waals surface area (Å²) in [5.41, 5.74) is 3.24. The molecule has 0 bridgehead atoms. The number of aromatic nitrogens is 1. The standard InChI is InChI=1S/C20H22N2OS/c1-20(2,3)22-18(15-10-12-17(23-4)13-11-15)14-24-19(22)21-16-8-6-5-7-9-16/h5-14H,1-4H3. The average molecular weight is 338 g/mol. The summed E-state index contributed by atoms with van der Waals surface area (Å²) >= 11 is 1.67. The molecule has 3 aromatic rings. The SMILES string of the molecule is COc1ccc(-c2csc(=Nc3ccccc3)n2C(C)(C)C)cc1. The van der Waals surface area contributed by atoms with Crippen LogP contribution >= 0.6 is 11.3 Å². The largest absolute Gasteiger partial charge is 0.497 e. The summed E-state index contributed by atoms with van der Waals surface area (Å²) in [4.78, 5) is 5.84. The Labute approximate surface area is 146 Å². The van der Waals surface area contributed by atoms with Crippen molar-refractivity contribution in [2.45, 2.75) is 26.3 Å². The second kappa shape index (κ2) is 6.65. The molecule has 0 aliphatic rings. The van der Waals surface area contributed by atoms with Crippen molar-refractivity contribution in [2.75, 3.05) is 7.11 Å². The molecule has 0 spiro atoms. The zero-order chi connectivity index (χ0) is 17.2. The molecule has 1 heterocycles. The van der Waals surface area contributed by atoms with E-state index >= 15 is 0 Å². The first-order valence-electron chi connectivity index (χ1n) is 7.94. The fourth-order valence-electron chi connectivity index (χ4n) is 2.61. The molecule has 1 aromatic heterocycles. The summed E-state index contributed by atoms with van der Waals surface area (Å²) in [6, 6.07) is 18.3. The van der Waals surface area contributed by atoms with Crippen LogP contribution in [-0.4, -0.2) is 11.7 Å². The Balaban J connectivity index is 2.16. The summed E-state index contributed by atoms with van der Waals surface area (Å²) in [6.45, 7) is 6.62. The molecule has 0 aliphatic carbocycles. The number of hydrogen-bond donors (Lipinski definition) is 0. The predicted octanol–water partition coefficient (Wildman–Crippen LogP) is 5.21. The normalized spacial score (nSPS) is 12.4. The molecule has 0 radical (unpaired) electrons. The van der Waals surface area contributed by atoms with E-state index in [1.807, 2.05) is 42.5 Å². The van der Waals surface area contributed by atoms with E-state index < -0.39 is 0 Å². The van der Waals surface area contributed by atoms with Gasteiger partial charge in [-0.15, -0.1) is 11.3 Å². The zero-order valence-electron chi connectivity index (χ0n) is 14.5. The highest BCUT2D eigenvalue weighted by atomic mass is 32.1. The lowest BCUT2D eigenvalue weighted by Crippen LogP contribution is -2.31. The van der Waals surface area contributed by atoms with E-state index in [9.17, 15) is 0 Å². The van der Waals surface area contributed by atoms with Gasteiger partial charge in [0.05, 0.1) is 18.5 Å². The maximum atomic E-state index is 5.26. The zero-order valence-corrected chi connectivity index (χ0v) is 15.3. The average Bonchev–Trinajstić information content (AvgIpc) is 3.00. The lowest BCUT2D eigenvalue weighted by atomic mass is 10.1. The van der Waals surface area contributed by atoms with Gasteiger partial charge in [-0.05, 0) is 62.7 Å². The molecular weight excluding hydrogens is 316 g/mol. The third-order valence-corrected chi connectivity index (χ3v) is 4.57. The van der Waals surface area contributed by atoms with Crippen molar-refractivity contribution in [1.29, 1.82) is 0 Å². The molecule has 0 unspecified atom stereocenters. The second-order valence-electron chi connectivity index (χ2n) is 6.59. The second-order valence-corrected chi connectivity index (χ2v) is 7.42. The Hall–Kier alpha value is -2.33. The fourth-order valence-corrected chi connectivity index (χ4v) is 3.71. The van der Waals surface area contributed by atoms with Crippen molar-refractivity contribution in [3.63, 3.8) is 0 Å². The minimum Gasteiger partial charge on any atom is -0.497 e. The lowest BCUT2D eigenvalue weighted by molar-refractivity contribution is 0.392. The summed E-state index contributed by atoms with van der Waals surface area (Å²) in [5, 5.41) is 2.18. The number of ether oxygens (including phenoxy) is 1. The first-order valence-corrected chi connectivity index (χ1v) is 8.82. The number of nitrogens with zero attached hydrogens (tertiary/aromatic N) is 2. The van der Waals surface area contributed by atoms with Crippen LogP contribution in [0.5, 0.6) is 5.75 Å². The van der Waals surface area contributed by atoms with Gasteiger partial charge in [-0.1, -0.05) is 18.2 Å². The van der Waals surface area contributed by atoms with E-state index in [4.69, 9.17) is 9.73 Å². The molecule has 124 valence electrons. The van der Waals surface area contributed by atoms with Crippen molar-refractivity contribution in [3.05, 3.63) is 64.8 Å². The van der Waals surface area contributed by atoms with Crippen LogP contribution in [0, 0.1) is 0 Å². The van der Waals surface area contributed by atoms with Crippen molar-refractivity contribution >= 4 is 17.0 Å². The summed E-state index contributed by atoms with van der Waals surface area (Å²) in [6.07, 6.45) is 0. The van der Waals surface area contributed by atoms with Crippen molar-refractivity contribution in [1.82, 2.24) is 4.57 Å². The molecule has 3 rings (SSSR count). The van der Waals surface area contributed by atoms with Gasteiger partial charge in [0.25, 0.3) is 0 Å². The van der Waals surface area contributed by atoms with Crippen LogP contribution in [0.1, 0.15) is 20.8 Å². The smallest absolute Gasteiger partial charge is 0.190 e. The van der Waals surface area contributed by atoms with E-state index in [1.165, 1.54) is 5.69 Å². The molecule has 0 N–H and O–H groups in total. The first-order chi connectivity index (χ1) is 11.5. The Bertz CT molecular complexity index is 868. The van der Waals surface area contributed by atoms with Crippen LogP contribution < -0.4 is 9.54 Å². The van der Waals surface area contributed by atoms with Crippen molar-refractivity contribution in [3.8, 4) is 17.0 Å². The molecule has 0 fully saturated rings. The van der Waals surface area contributed by atoms with Crippen LogP contribution in [0.25, 0.3) is 11.3 Å². The van der Waals surface area contributed by atoms with Crippen molar-refractivity contribution < 1.29 is 4.74 Å². The molecule has 3 nitrogen and oxygen atoms in total. The third-order valence-electron chi connectivity index (χ3n) is 3.75. The quantitative estimate of drug-likeness (QED) is 0.643. The molecule has 0 atom stereocenters. The highest BCUT2D eigenvalue weighted by molar-refractivity contribution is 7.07. The van der Waals surface area contributed by atoms with Gasteiger partial charge in [-0.25, -0.2) is 4.99 Å². The number of para-hydroxylation sites is 1. The van der Waals surface area contributed by atoms with Crippen LogP contribution in [0.3, 0.4) is 0 Å². The number of thiazole rings is 1. The third kappa shape index (κ3) is 3.44. The minimum atomic E-state index is -0.0666. The van der Waals surface area contributed by atoms with Gasteiger partial charge in [-0.2, -0.15) is 0 Å². The Morgan fingerprint density at radius 2 is 1.62 bits per heavy atom. The minimum absolute atomic E-state index is 0.0666. The number of methoxy groups -OCH3 is 1. The topological polar surface area (TPSA) is 26.5 Å². The van der Waals surface area contributed by atoms with Gasteiger partial charge in [0.15, 0.2) is 4.80 Å². The highest BCUT2D eigenvalue weighted by Gasteiger charge is 2.20. The molecule has 0 amide bonds. The van der Waals surface area contributed by atoms with E-state index in [0.717, 1.165) is 21.8 Å². The summed E-state index contributed by atoms with van der Waals surface area (Å²) in [7, 11) is 1.69. The molecule has 0 saturated carbocycles. The molecule has 0 saturated heterocycles. The molecular formula is C20H22N2OS. The van der Waals surface area contributed by atoms with Crippen molar-refractivity contribution in [2.24, 2.45) is 4.99 Å². The van der Waals surface area contributed by atoms with Gasteiger partial charge in [0.1, 0.15) is 5.75 Å². The van der Waals surface area contributed by atoms with Gasteiger partial charge in [-0.3, -0.25) is 0 Å². The molecule has 4 heteroatoms. The predicted molar refractivity (Wildman–Crippen MR) is 101 cm³/mol. The van der Waals surface area contributed by atoms with Crippen LogP contribution in [-0.2, 0) is 5.54 Å². The van der Waals surface area contributed by atoms with E-state index in [2.05, 4.69) is 42.9 Å². The van der Waals surface area contributed by atoms with E-state index in [-0.39, 0.29) is 5.54 Å². The van der Waals surface area contributed by atoms with Gasteiger partial charge in [0, 0.05) is 10.9 Å². The summed E-state index contributed by atoms with van der Waals surface area (Å²) in [5.74, 6) is 0.866. The number of benzene rings is 2. The monoisotopic (exact) mass is 338 g/mol. The maximum absolute atomic E-state index is 5.26. The Morgan fingerprint density at radius 1 is 0.958 bits per heavy atom. The Kier molecular flexibility index (Phi) is 4.58. The number of rotatable bonds is 3.